The predicted octanol–water partition coefficient (Wildman–Crippen LogP) is 3.08. The Morgan fingerprint density at radius 1 is 1.06 bits per heavy atom. The first kappa shape index (κ1) is 24.1. The van der Waals surface area contributed by atoms with Gasteiger partial charge in [-0.15, -0.1) is 0 Å². The molecule has 1 amide bonds. The minimum atomic E-state index is -3.11. The van der Waals surface area contributed by atoms with E-state index < -0.39 is 10.0 Å². The molecule has 1 saturated heterocycles. The van der Waals surface area contributed by atoms with Crippen LogP contribution in [0.15, 0.2) is 48.5 Å². The number of carbonyl (C=O) groups is 1. The second-order valence-corrected chi connectivity index (χ2v) is 11.0. The van der Waals surface area contributed by atoms with Crippen LogP contribution in [0.4, 0.5) is 0 Å². The number of nitrogens with one attached hydrogen (secondary N) is 1. The number of sulfonamides is 1. The Labute approximate surface area is 194 Å². The van der Waals surface area contributed by atoms with Crippen molar-refractivity contribution >= 4 is 39.3 Å². The van der Waals surface area contributed by atoms with E-state index >= 15 is 0 Å². The lowest BCUT2D eigenvalue weighted by Crippen LogP contribution is -2.47. The molecule has 0 aromatic heterocycles. The van der Waals surface area contributed by atoms with Crippen LogP contribution in [0, 0.1) is 0 Å². The molecule has 31 heavy (non-hydrogen) atoms. The summed E-state index contributed by atoms with van der Waals surface area (Å²) in [6.45, 7) is 3.81. The van der Waals surface area contributed by atoms with Crippen LogP contribution >= 0.6 is 23.4 Å². The number of nitrogens with zero attached hydrogens (tertiary/aromatic N) is 2. The van der Waals surface area contributed by atoms with Gasteiger partial charge in [0.2, 0.25) is 10.0 Å². The molecule has 0 bridgehead atoms. The minimum Gasteiger partial charge on any atom is -0.351 e. The van der Waals surface area contributed by atoms with Crippen LogP contribution < -0.4 is 5.32 Å². The zero-order valence-corrected chi connectivity index (χ0v) is 20.0. The van der Waals surface area contributed by atoms with E-state index in [2.05, 4.69) is 10.2 Å². The predicted molar refractivity (Wildman–Crippen MR) is 128 cm³/mol. The van der Waals surface area contributed by atoms with Crippen LogP contribution in [-0.4, -0.2) is 68.3 Å². The fraction of sp³-hybridized carbons (Fsp3) is 0.409. The van der Waals surface area contributed by atoms with Gasteiger partial charge in [0.25, 0.3) is 5.91 Å². The van der Waals surface area contributed by atoms with Crippen molar-refractivity contribution in [3.63, 3.8) is 0 Å². The number of hydrogen-bond donors (Lipinski definition) is 1. The number of hydrogen-bond acceptors (Lipinski definition) is 5. The van der Waals surface area contributed by atoms with Gasteiger partial charge in [-0.2, -0.15) is 16.1 Å². The highest BCUT2D eigenvalue weighted by atomic mass is 35.5. The molecule has 1 N–H and O–H groups in total. The Balaban J connectivity index is 1.37. The summed E-state index contributed by atoms with van der Waals surface area (Å²) in [5, 5.41) is 3.73. The smallest absolute Gasteiger partial charge is 0.251 e. The largest absolute Gasteiger partial charge is 0.351 e. The van der Waals surface area contributed by atoms with Crippen molar-refractivity contribution in [2.75, 3.05) is 44.7 Å². The number of amides is 1. The van der Waals surface area contributed by atoms with Gasteiger partial charge in [0.1, 0.15) is 0 Å². The van der Waals surface area contributed by atoms with E-state index in [0.717, 1.165) is 34.2 Å². The van der Waals surface area contributed by atoms with Crippen LogP contribution in [0.3, 0.4) is 0 Å². The van der Waals surface area contributed by atoms with Crippen molar-refractivity contribution in [2.45, 2.75) is 12.3 Å². The number of piperazine rings is 1. The standard InChI is InChI=1S/C22H28ClN3O3S2/c1-31(28,29)26-13-11-25(12-14-26)16-18-6-8-19(9-7-18)22(27)24-10-15-30-17-20-4-2-3-5-21(20)23/h2-9H,10-17H2,1H3,(H,24,27). The van der Waals surface area contributed by atoms with E-state index in [1.54, 1.807) is 11.8 Å². The summed E-state index contributed by atoms with van der Waals surface area (Å²) < 4.78 is 24.7. The summed E-state index contributed by atoms with van der Waals surface area (Å²) in [6, 6.07) is 15.4. The minimum absolute atomic E-state index is 0.0772. The second-order valence-electron chi connectivity index (χ2n) is 7.54. The highest BCUT2D eigenvalue weighted by Gasteiger charge is 2.23. The summed E-state index contributed by atoms with van der Waals surface area (Å²) in [6.07, 6.45) is 1.25. The SMILES string of the molecule is CS(=O)(=O)N1CCN(Cc2ccc(C(=O)NCCSCc3ccccc3Cl)cc2)CC1. The lowest BCUT2D eigenvalue weighted by Gasteiger charge is -2.33. The Morgan fingerprint density at radius 2 is 1.74 bits per heavy atom. The number of halogens is 1. The molecule has 0 aliphatic carbocycles. The molecule has 0 saturated carbocycles. The molecule has 0 unspecified atom stereocenters. The topological polar surface area (TPSA) is 69.7 Å². The Kier molecular flexibility index (Phi) is 8.80. The zero-order valence-electron chi connectivity index (χ0n) is 17.6. The average Bonchev–Trinajstić information content (AvgIpc) is 2.75. The normalized spacial score (nSPS) is 15.7. The summed E-state index contributed by atoms with van der Waals surface area (Å²) >= 11 is 7.89. The van der Waals surface area contributed by atoms with Crippen LogP contribution in [-0.2, 0) is 22.3 Å². The Bertz CT molecular complexity index is 976. The van der Waals surface area contributed by atoms with Gasteiger partial charge in [-0.3, -0.25) is 9.69 Å². The van der Waals surface area contributed by atoms with Crippen LogP contribution in [0.25, 0.3) is 0 Å². The van der Waals surface area contributed by atoms with Crippen molar-refractivity contribution in [2.24, 2.45) is 0 Å². The fourth-order valence-corrected chi connectivity index (χ4v) is 5.35. The van der Waals surface area contributed by atoms with Gasteiger partial charge in [0, 0.05) is 61.4 Å². The molecule has 1 aliphatic heterocycles. The zero-order chi connectivity index (χ0) is 22.3. The third kappa shape index (κ3) is 7.50. The van der Waals surface area contributed by atoms with Gasteiger partial charge in [-0.25, -0.2) is 8.42 Å². The van der Waals surface area contributed by atoms with E-state index in [4.69, 9.17) is 11.6 Å². The fourth-order valence-electron chi connectivity index (χ4n) is 3.38. The molecule has 1 aliphatic rings. The van der Waals surface area contributed by atoms with Crippen molar-refractivity contribution in [3.05, 3.63) is 70.2 Å². The highest BCUT2D eigenvalue weighted by Crippen LogP contribution is 2.20. The number of rotatable bonds is 9. The third-order valence-corrected chi connectivity index (χ3v) is 7.85. The van der Waals surface area contributed by atoms with Crippen LogP contribution in [0.1, 0.15) is 21.5 Å². The first-order valence-electron chi connectivity index (χ1n) is 10.2. The first-order chi connectivity index (χ1) is 14.8. The van der Waals surface area contributed by atoms with E-state index in [-0.39, 0.29) is 5.91 Å². The number of benzene rings is 2. The van der Waals surface area contributed by atoms with E-state index in [1.165, 1.54) is 10.6 Å². The van der Waals surface area contributed by atoms with Crippen LogP contribution in [0.5, 0.6) is 0 Å². The van der Waals surface area contributed by atoms with Crippen molar-refractivity contribution in [1.82, 2.24) is 14.5 Å². The molecule has 3 rings (SSSR count). The molecule has 1 heterocycles. The average molecular weight is 482 g/mol. The molecule has 0 radical (unpaired) electrons. The first-order valence-corrected chi connectivity index (χ1v) is 13.6. The maximum Gasteiger partial charge on any atom is 0.251 e. The number of carbonyl (C=O) groups excluding carboxylic acids is 1. The van der Waals surface area contributed by atoms with E-state index in [1.807, 2.05) is 48.5 Å². The molecule has 6 nitrogen and oxygen atoms in total. The molecule has 2 aromatic rings. The summed E-state index contributed by atoms with van der Waals surface area (Å²) in [5.74, 6) is 1.56. The van der Waals surface area contributed by atoms with Gasteiger partial charge >= 0.3 is 0 Å². The van der Waals surface area contributed by atoms with E-state index in [0.29, 0.717) is 38.3 Å². The highest BCUT2D eigenvalue weighted by molar-refractivity contribution is 7.98. The van der Waals surface area contributed by atoms with Gasteiger partial charge in [0.05, 0.1) is 6.26 Å². The Hall–Kier alpha value is -1.58. The number of thioether (sulfide) groups is 1. The molecule has 0 atom stereocenters. The maximum atomic E-state index is 12.3. The quantitative estimate of drug-likeness (QED) is 0.557. The molecule has 0 spiro atoms. The monoisotopic (exact) mass is 481 g/mol. The third-order valence-electron chi connectivity index (χ3n) is 5.17. The summed E-state index contributed by atoms with van der Waals surface area (Å²) in [4.78, 5) is 14.6. The van der Waals surface area contributed by atoms with Crippen molar-refractivity contribution < 1.29 is 13.2 Å². The van der Waals surface area contributed by atoms with E-state index in [9.17, 15) is 13.2 Å². The van der Waals surface area contributed by atoms with Crippen molar-refractivity contribution in [3.8, 4) is 0 Å². The van der Waals surface area contributed by atoms with Gasteiger partial charge < -0.3 is 5.32 Å². The van der Waals surface area contributed by atoms with Crippen LogP contribution in [0.2, 0.25) is 5.02 Å². The maximum absolute atomic E-state index is 12.3. The summed E-state index contributed by atoms with van der Waals surface area (Å²) in [7, 11) is -3.11. The van der Waals surface area contributed by atoms with Crippen molar-refractivity contribution in [1.29, 1.82) is 0 Å². The summed E-state index contributed by atoms with van der Waals surface area (Å²) in [5.41, 5.74) is 2.86. The molecule has 9 heteroatoms. The molecule has 2 aromatic carbocycles. The second kappa shape index (κ2) is 11.3. The Morgan fingerprint density at radius 3 is 2.39 bits per heavy atom. The molecule has 1 fully saturated rings. The van der Waals surface area contributed by atoms with Gasteiger partial charge in [-0.1, -0.05) is 41.9 Å². The molecular formula is C22H28ClN3O3S2. The molecule has 168 valence electrons. The lowest BCUT2D eigenvalue weighted by atomic mass is 10.1. The molecular weight excluding hydrogens is 454 g/mol. The van der Waals surface area contributed by atoms with Gasteiger partial charge in [0.15, 0.2) is 0 Å². The lowest BCUT2D eigenvalue weighted by molar-refractivity contribution is 0.0956. The van der Waals surface area contributed by atoms with Gasteiger partial charge in [-0.05, 0) is 29.3 Å².